The smallest absolute Gasteiger partial charge is 0.319 e. The van der Waals surface area contributed by atoms with Crippen molar-refractivity contribution in [3.05, 3.63) is 58.7 Å². The number of amides is 5. The van der Waals surface area contributed by atoms with E-state index in [1.165, 1.54) is 12.0 Å². The van der Waals surface area contributed by atoms with Crippen molar-refractivity contribution in [1.29, 1.82) is 0 Å². The highest BCUT2D eigenvalue weighted by Gasteiger charge is 2.39. The minimum atomic E-state index is -0.649. The second-order valence-electron chi connectivity index (χ2n) is 7.90. The molecule has 0 saturated carbocycles. The fourth-order valence-corrected chi connectivity index (χ4v) is 3.98. The van der Waals surface area contributed by atoms with Crippen LogP contribution in [0.4, 0.5) is 10.5 Å². The highest BCUT2D eigenvalue weighted by Crippen LogP contribution is 2.28. The number of ether oxygens (including phenoxy) is 1. The van der Waals surface area contributed by atoms with E-state index in [9.17, 15) is 19.2 Å². The van der Waals surface area contributed by atoms with Crippen LogP contribution in [0.2, 0.25) is 0 Å². The van der Waals surface area contributed by atoms with Gasteiger partial charge in [-0.15, -0.1) is 0 Å². The van der Waals surface area contributed by atoms with E-state index in [4.69, 9.17) is 4.74 Å². The highest BCUT2D eigenvalue weighted by molar-refractivity contribution is 6.05. The van der Waals surface area contributed by atoms with Gasteiger partial charge >= 0.3 is 6.03 Å². The predicted octanol–water partition coefficient (Wildman–Crippen LogP) is 2.09. The molecule has 3 N–H and O–H groups in total. The van der Waals surface area contributed by atoms with Crippen LogP contribution in [0, 0.1) is 6.92 Å². The summed E-state index contributed by atoms with van der Waals surface area (Å²) in [7, 11) is 1.54. The van der Waals surface area contributed by atoms with Crippen LogP contribution >= 0.6 is 0 Å². The van der Waals surface area contributed by atoms with E-state index in [1.54, 1.807) is 12.1 Å². The largest absolute Gasteiger partial charge is 0.495 e. The molecule has 4 rings (SSSR count). The van der Waals surface area contributed by atoms with Gasteiger partial charge in [-0.2, -0.15) is 0 Å². The molecule has 166 valence electrons. The topological polar surface area (TPSA) is 117 Å². The molecular formula is C23H24N4O5. The van der Waals surface area contributed by atoms with E-state index in [0.29, 0.717) is 30.0 Å². The molecule has 5 amide bonds. The zero-order chi connectivity index (χ0) is 22.8. The average Bonchev–Trinajstić information content (AvgIpc) is 3.08. The average molecular weight is 436 g/mol. The molecule has 0 radical (unpaired) electrons. The molecule has 2 aliphatic rings. The van der Waals surface area contributed by atoms with Gasteiger partial charge in [-0.25, -0.2) is 4.79 Å². The van der Waals surface area contributed by atoms with Gasteiger partial charge < -0.3 is 20.3 Å². The SMILES string of the molecule is COc1ccc(C)cc1NC(=O)NCc1ccc2c(c1)C(=O)N(C1CCC(=O)NC1=O)C2. The first-order valence-electron chi connectivity index (χ1n) is 10.3. The number of anilines is 1. The summed E-state index contributed by atoms with van der Waals surface area (Å²) < 4.78 is 5.27. The number of rotatable bonds is 5. The zero-order valence-corrected chi connectivity index (χ0v) is 17.9. The molecule has 0 bridgehead atoms. The summed E-state index contributed by atoms with van der Waals surface area (Å²) in [5, 5.41) is 7.84. The Morgan fingerprint density at radius 2 is 2.00 bits per heavy atom. The molecule has 2 aromatic rings. The lowest BCUT2D eigenvalue weighted by Crippen LogP contribution is -2.52. The van der Waals surface area contributed by atoms with Crippen LogP contribution < -0.4 is 20.7 Å². The van der Waals surface area contributed by atoms with E-state index >= 15 is 0 Å². The Labute approximate surface area is 185 Å². The molecule has 0 aliphatic carbocycles. The van der Waals surface area contributed by atoms with Crippen molar-refractivity contribution in [1.82, 2.24) is 15.5 Å². The number of carbonyl (C=O) groups is 4. The summed E-state index contributed by atoms with van der Waals surface area (Å²) in [5.74, 6) is -0.439. The highest BCUT2D eigenvalue weighted by atomic mass is 16.5. The fraction of sp³-hybridized carbons (Fsp3) is 0.304. The van der Waals surface area contributed by atoms with Crippen molar-refractivity contribution >= 4 is 29.4 Å². The van der Waals surface area contributed by atoms with E-state index in [0.717, 1.165) is 16.7 Å². The van der Waals surface area contributed by atoms with Crippen molar-refractivity contribution in [2.24, 2.45) is 0 Å². The van der Waals surface area contributed by atoms with Crippen molar-refractivity contribution in [2.75, 3.05) is 12.4 Å². The van der Waals surface area contributed by atoms with Gasteiger partial charge in [-0.05, 0) is 48.2 Å². The number of urea groups is 1. The maximum absolute atomic E-state index is 12.9. The third-order valence-electron chi connectivity index (χ3n) is 5.65. The first kappa shape index (κ1) is 21.4. The van der Waals surface area contributed by atoms with Crippen LogP contribution in [-0.4, -0.2) is 41.8 Å². The molecule has 9 heteroatoms. The Morgan fingerprint density at radius 3 is 2.75 bits per heavy atom. The first-order valence-corrected chi connectivity index (χ1v) is 10.3. The van der Waals surface area contributed by atoms with Crippen molar-refractivity contribution < 1.29 is 23.9 Å². The number of imide groups is 1. The third-order valence-corrected chi connectivity index (χ3v) is 5.65. The number of nitrogens with zero attached hydrogens (tertiary/aromatic N) is 1. The number of nitrogens with one attached hydrogen (secondary N) is 3. The van der Waals surface area contributed by atoms with Crippen molar-refractivity contribution in [2.45, 2.75) is 38.9 Å². The Kier molecular flexibility index (Phi) is 5.81. The third kappa shape index (κ3) is 4.27. The van der Waals surface area contributed by atoms with Gasteiger partial charge in [0, 0.05) is 25.1 Å². The number of fused-ring (bicyclic) bond motifs is 1. The van der Waals surface area contributed by atoms with Crippen LogP contribution in [-0.2, 0) is 22.7 Å². The maximum atomic E-state index is 12.9. The first-order chi connectivity index (χ1) is 15.4. The number of aryl methyl sites for hydroxylation is 1. The number of methoxy groups -OCH3 is 1. The summed E-state index contributed by atoms with van der Waals surface area (Å²) in [6.07, 6.45) is 0.536. The lowest BCUT2D eigenvalue weighted by molar-refractivity contribution is -0.136. The lowest BCUT2D eigenvalue weighted by atomic mass is 10.0. The zero-order valence-electron chi connectivity index (χ0n) is 17.9. The second-order valence-corrected chi connectivity index (χ2v) is 7.90. The summed E-state index contributed by atoms with van der Waals surface area (Å²) in [6, 6.07) is 9.85. The Hall–Kier alpha value is -3.88. The molecular weight excluding hydrogens is 412 g/mol. The molecule has 1 fully saturated rings. The Bertz CT molecular complexity index is 1110. The summed E-state index contributed by atoms with van der Waals surface area (Å²) in [6.45, 7) is 2.46. The summed E-state index contributed by atoms with van der Waals surface area (Å²) >= 11 is 0. The number of piperidine rings is 1. The van der Waals surface area contributed by atoms with Gasteiger partial charge in [0.2, 0.25) is 11.8 Å². The van der Waals surface area contributed by atoms with Gasteiger partial charge in [0.05, 0.1) is 12.8 Å². The quantitative estimate of drug-likeness (QED) is 0.621. The summed E-state index contributed by atoms with van der Waals surface area (Å²) in [5.41, 5.74) is 3.63. The fourth-order valence-electron chi connectivity index (χ4n) is 3.98. The van der Waals surface area contributed by atoms with Gasteiger partial charge in [0.15, 0.2) is 0 Å². The summed E-state index contributed by atoms with van der Waals surface area (Å²) in [4.78, 5) is 50.3. The van der Waals surface area contributed by atoms with Crippen LogP contribution in [0.25, 0.3) is 0 Å². The number of hydrogen-bond acceptors (Lipinski definition) is 5. The second kappa shape index (κ2) is 8.70. The minimum absolute atomic E-state index is 0.215. The molecule has 0 spiro atoms. The van der Waals surface area contributed by atoms with Gasteiger partial charge in [0.25, 0.3) is 5.91 Å². The van der Waals surface area contributed by atoms with Crippen LogP contribution in [0.1, 0.15) is 39.9 Å². The van der Waals surface area contributed by atoms with Gasteiger partial charge in [-0.1, -0.05) is 18.2 Å². The molecule has 1 saturated heterocycles. The molecule has 1 unspecified atom stereocenters. The number of carbonyl (C=O) groups excluding carboxylic acids is 4. The van der Waals surface area contributed by atoms with Crippen molar-refractivity contribution in [3.63, 3.8) is 0 Å². The Balaban J connectivity index is 1.40. The standard InChI is InChI=1S/C23H24N4O5/c1-13-3-7-19(32-2)17(9-13)25-23(31)24-11-14-4-5-15-12-27(22(30)16(15)10-14)18-6-8-20(28)26-21(18)29/h3-5,7,9-10,18H,6,8,11-12H2,1-2H3,(H2,24,25,31)(H,26,28,29). The van der Waals surface area contributed by atoms with Crippen molar-refractivity contribution in [3.8, 4) is 5.75 Å². The molecule has 0 aromatic heterocycles. The molecule has 2 heterocycles. The molecule has 2 aromatic carbocycles. The molecule has 2 aliphatic heterocycles. The minimum Gasteiger partial charge on any atom is -0.495 e. The van der Waals surface area contributed by atoms with Crippen LogP contribution in [0.15, 0.2) is 36.4 Å². The van der Waals surface area contributed by atoms with Crippen LogP contribution in [0.5, 0.6) is 5.75 Å². The van der Waals surface area contributed by atoms with E-state index in [-0.39, 0.29) is 24.8 Å². The van der Waals surface area contributed by atoms with E-state index in [1.807, 2.05) is 31.2 Å². The predicted molar refractivity (Wildman–Crippen MR) is 116 cm³/mol. The maximum Gasteiger partial charge on any atom is 0.319 e. The van der Waals surface area contributed by atoms with Gasteiger partial charge in [0.1, 0.15) is 11.8 Å². The van der Waals surface area contributed by atoms with E-state index < -0.39 is 18.0 Å². The van der Waals surface area contributed by atoms with E-state index in [2.05, 4.69) is 16.0 Å². The normalized spacial score (nSPS) is 17.6. The van der Waals surface area contributed by atoms with Gasteiger partial charge in [-0.3, -0.25) is 19.7 Å². The monoisotopic (exact) mass is 436 g/mol. The number of hydrogen-bond donors (Lipinski definition) is 3. The molecule has 32 heavy (non-hydrogen) atoms. The Morgan fingerprint density at radius 1 is 1.19 bits per heavy atom. The number of benzene rings is 2. The van der Waals surface area contributed by atoms with Crippen LogP contribution in [0.3, 0.4) is 0 Å². The lowest BCUT2D eigenvalue weighted by Gasteiger charge is -2.29. The molecule has 1 atom stereocenters. The molecule has 9 nitrogen and oxygen atoms in total.